The number of aromatic nitrogens is 2. The molecule has 0 aromatic carbocycles. The molecule has 1 saturated heterocycles. The lowest BCUT2D eigenvalue weighted by Gasteiger charge is -2.23. The molecule has 15 heavy (non-hydrogen) atoms. The van der Waals surface area contributed by atoms with Gasteiger partial charge in [-0.3, -0.25) is 4.79 Å². The molecule has 0 spiro atoms. The van der Waals surface area contributed by atoms with E-state index in [9.17, 15) is 4.79 Å². The van der Waals surface area contributed by atoms with Crippen molar-refractivity contribution in [3.63, 3.8) is 0 Å². The van der Waals surface area contributed by atoms with Crippen LogP contribution in [0.1, 0.15) is 18.9 Å². The molecule has 2 rings (SSSR count). The van der Waals surface area contributed by atoms with Crippen LogP contribution in [0.15, 0.2) is 10.9 Å². The van der Waals surface area contributed by atoms with Crippen molar-refractivity contribution in [2.45, 2.75) is 25.8 Å². The SMILES string of the molecule is Cc1cc(Cl)nn(C2(C)CCOC2)c1=O. The zero-order chi connectivity index (χ0) is 11.1. The Morgan fingerprint density at radius 1 is 1.67 bits per heavy atom. The van der Waals surface area contributed by atoms with E-state index in [1.54, 1.807) is 13.0 Å². The van der Waals surface area contributed by atoms with E-state index in [0.29, 0.717) is 23.9 Å². The summed E-state index contributed by atoms with van der Waals surface area (Å²) in [4.78, 5) is 11.9. The Bertz CT molecular complexity index is 436. The molecule has 1 fully saturated rings. The van der Waals surface area contributed by atoms with E-state index in [4.69, 9.17) is 16.3 Å². The minimum absolute atomic E-state index is 0.0904. The molecule has 1 atom stereocenters. The van der Waals surface area contributed by atoms with Gasteiger partial charge in [-0.15, -0.1) is 0 Å². The summed E-state index contributed by atoms with van der Waals surface area (Å²) in [6.45, 7) is 4.88. The van der Waals surface area contributed by atoms with Gasteiger partial charge in [0.25, 0.3) is 5.56 Å². The number of hydrogen-bond acceptors (Lipinski definition) is 3. The van der Waals surface area contributed by atoms with Gasteiger partial charge in [-0.05, 0) is 26.3 Å². The first-order valence-corrected chi connectivity index (χ1v) is 5.25. The molecular weight excluding hydrogens is 216 g/mol. The molecule has 2 heterocycles. The molecule has 0 N–H and O–H groups in total. The maximum Gasteiger partial charge on any atom is 0.270 e. The molecule has 0 saturated carbocycles. The summed E-state index contributed by atoms with van der Waals surface area (Å²) in [5, 5.41) is 4.42. The van der Waals surface area contributed by atoms with Crippen LogP contribution >= 0.6 is 11.6 Å². The van der Waals surface area contributed by atoms with Crippen molar-refractivity contribution in [1.29, 1.82) is 0 Å². The minimum atomic E-state index is -0.354. The highest BCUT2D eigenvalue weighted by Gasteiger charge is 2.34. The third kappa shape index (κ3) is 1.79. The average Bonchev–Trinajstić information content (AvgIpc) is 2.59. The molecular formula is C10H13ClN2O2. The van der Waals surface area contributed by atoms with E-state index in [-0.39, 0.29) is 11.1 Å². The van der Waals surface area contributed by atoms with Gasteiger partial charge >= 0.3 is 0 Å². The second-order valence-corrected chi connectivity index (χ2v) is 4.55. The Balaban J connectivity index is 2.56. The lowest BCUT2D eigenvalue weighted by Crippen LogP contribution is -2.41. The van der Waals surface area contributed by atoms with Crippen LogP contribution in [0.3, 0.4) is 0 Å². The van der Waals surface area contributed by atoms with Gasteiger partial charge in [0.2, 0.25) is 0 Å². The Kier molecular flexibility index (Phi) is 2.56. The summed E-state index contributed by atoms with van der Waals surface area (Å²) in [6.07, 6.45) is 0.791. The van der Waals surface area contributed by atoms with E-state index >= 15 is 0 Å². The van der Waals surface area contributed by atoms with E-state index in [2.05, 4.69) is 5.10 Å². The van der Waals surface area contributed by atoms with Gasteiger partial charge in [0.1, 0.15) is 5.15 Å². The van der Waals surface area contributed by atoms with Crippen LogP contribution in [0.5, 0.6) is 0 Å². The van der Waals surface area contributed by atoms with Crippen LogP contribution in [-0.4, -0.2) is 23.0 Å². The number of hydrogen-bond donors (Lipinski definition) is 0. The summed E-state index contributed by atoms with van der Waals surface area (Å²) in [5.41, 5.74) is 0.169. The molecule has 0 amide bonds. The monoisotopic (exact) mass is 228 g/mol. The summed E-state index contributed by atoms with van der Waals surface area (Å²) in [7, 11) is 0. The van der Waals surface area contributed by atoms with Gasteiger partial charge < -0.3 is 4.74 Å². The molecule has 5 heteroatoms. The molecule has 0 bridgehead atoms. The number of nitrogens with zero attached hydrogens (tertiary/aromatic N) is 2. The largest absolute Gasteiger partial charge is 0.379 e. The van der Waals surface area contributed by atoms with Crippen molar-refractivity contribution in [3.05, 3.63) is 27.1 Å². The van der Waals surface area contributed by atoms with Crippen molar-refractivity contribution in [3.8, 4) is 0 Å². The predicted molar refractivity (Wildman–Crippen MR) is 57.3 cm³/mol. The highest BCUT2D eigenvalue weighted by atomic mass is 35.5. The quantitative estimate of drug-likeness (QED) is 0.729. The van der Waals surface area contributed by atoms with Gasteiger partial charge in [-0.2, -0.15) is 5.10 Å². The van der Waals surface area contributed by atoms with Crippen LogP contribution < -0.4 is 5.56 Å². The normalized spacial score (nSPS) is 25.8. The molecule has 1 aromatic heterocycles. The number of aryl methyl sites for hydroxylation is 1. The van der Waals surface area contributed by atoms with Crippen molar-refractivity contribution < 1.29 is 4.74 Å². The molecule has 0 aliphatic carbocycles. The van der Waals surface area contributed by atoms with E-state index < -0.39 is 0 Å². The van der Waals surface area contributed by atoms with Crippen LogP contribution in [0.4, 0.5) is 0 Å². The van der Waals surface area contributed by atoms with Gasteiger partial charge in [-0.1, -0.05) is 11.6 Å². The molecule has 1 aliphatic rings. The molecule has 1 aliphatic heterocycles. The zero-order valence-electron chi connectivity index (χ0n) is 8.79. The standard InChI is InChI=1S/C10H13ClN2O2/c1-7-5-8(11)12-13(9(7)14)10(2)3-4-15-6-10/h5H,3-4,6H2,1-2H3. The third-order valence-electron chi connectivity index (χ3n) is 2.77. The Morgan fingerprint density at radius 2 is 2.40 bits per heavy atom. The molecule has 1 aromatic rings. The predicted octanol–water partition coefficient (Wildman–Crippen LogP) is 1.34. The second-order valence-electron chi connectivity index (χ2n) is 4.17. The Morgan fingerprint density at radius 3 is 3.00 bits per heavy atom. The maximum atomic E-state index is 11.9. The highest BCUT2D eigenvalue weighted by Crippen LogP contribution is 2.24. The van der Waals surface area contributed by atoms with Crippen molar-refractivity contribution in [2.75, 3.05) is 13.2 Å². The second kappa shape index (κ2) is 3.61. The number of rotatable bonds is 1. The Labute approximate surface area is 92.8 Å². The first-order valence-electron chi connectivity index (χ1n) is 4.88. The first kappa shape index (κ1) is 10.6. The maximum absolute atomic E-state index is 11.9. The van der Waals surface area contributed by atoms with Gasteiger partial charge in [0.05, 0.1) is 12.1 Å². The topological polar surface area (TPSA) is 44.1 Å². The van der Waals surface area contributed by atoms with Crippen molar-refractivity contribution >= 4 is 11.6 Å². The van der Waals surface area contributed by atoms with Crippen LogP contribution in [0.25, 0.3) is 0 Å². The summed E-state index contributed by atoms with van der Waals surface area (Å²) < 4.78 is 6.76. The molecule has 4 nitrogen and oxygen atoms in total. The summed E-state index contributed by atoms with van der Waals surface area (Å²) >= 11 is 5.85. The fourth-order valence-corrected chi connectivity index (χ4v) is 2.01. The van der Waals surface area contributed by atoms with Crippen LogP contribution in [-0.2, 0) is 10.3 Å². The first-order chi connectivity index (χ1) is 7.03. The summed E-state index contributed by atoms with van der Waals surface area (Å²) in [5.74, 6) is 0. The van der Waals surface area contributed by atoms with Gasteiger partial charge in [0, 0.05) is 12.2 Å². The van der Waals surface area contributed by atoms with Crippen LogP contribution in [0, 0.1) is 6.92 Å². The van der Waals surface area contributed by atoms with Crippen LogP contribution in [0.2, 0.25) is 5.15 Å². The fourth-order valence-electron chi connectivity index (χ4n) is 1.77. The molecule has 0 radical (unpaired) electrons. The van der Waals surface area contributed by atoms with Gasteiger partial charge in [0.15, 0.2) is 0 Å². The average molecular weight is 229 g/mol. The number of halogens is 1. The highest BCUT2D eigenvalue weighted by molar-refractivity contribution is 6.29. The summed E-state index contributed by atoms with van der Waals surface area (Å²) in [6, 6.07) is 1.58. The lowest BCUT2D eigenvalue weighted by atomic mass is 10.0. The minimum Gasteiger partial charge on any atom is -0.379 e. The molecule has 82 valence electrons. The fraction of sp³-hybridized carbons (Fsp3) is 0.600. The van der Waals surface area contributed by atoms with Crippen molar-refractivity contribution in [2.24, 2.45) is 0 Å². The third-order valence-corrected chi connectivity index (χ3v) is 2.95. The Hall–Kier alpha value is -0.870. The van der Waals surface area contributed by atoms with E-state index in [0.717, 1.165) is 6.42 Å². The number of ether oxygens (including phenoxy) is 1. The van der Waals surface area contributed by atoms with E-state index in [1.807, 2.05) is 6.92 Å². The van der Waals surface area contributed by atoms with E-state index in [1.165, 1.54) is 4.68 Å². The molecule has 1 unspecified atom stereocenters. The lowest BCUT2D eigenvalue weighted by molar-refractivity contribution is 0.153. The zero-order valence-corrected chi connectivity index (χ0v) is 9.54. The van der Waals surface area contributed by atoms with Crippen molar-refractivity contribution in [1.82, 2.24) is 9.78 Å². The smallest absolute Gasteiger partial charge is 0.270 e. The van der Waals surface area contributed by atoms with Gasteiger partial charge in [-0.25, -0.2) is 4.68 Å².